The number of aromatic amines is 4. The lowest BCUT2D eigenvalue weighted by Crippen LogP contribution is -2.50. The number of hydrogen-bond acceptors (Lipinski definition) is 23. The summed E-state index contributed by atoms with van der Waals surface area (Å²) in [7, 11) is 4.41. The first kappa shape index (κ1) is 88.1. The van der Waals surface area contributed by atoms with Gasteiger partial charge in [-0.25, -0.2) is 64.2 Å². The highest BCUT2D eigenvalue weighted by molar-refractivity contribution is 6.32. The molecule has 15 heterocycles. The van der Waals surface area contributed by atoms with Crippen LogP contribution in [0.2, 0.25) is 20.1 Å². The minimum atomic E-state index is -4.54. The largest absolute Gasteiger partial charge is 0.405 e. The van der Waals surface area contributed by atoms with Crippen LogP contribution in [0.25, 0.3) is 89.7 Å². The Labute approximate surface area is 699 Å². The van der Waals surface area contributed by atoms with Crippen LogP contribution in [0.4, 0.5) is 80.3 Å². The number of aliphatic hydroxyl groups excluding tert-OH is 1. The summed E-state index contributed by atoms with van der Waals surface area (Å²) in [5.41, 5.74) is 3.51. The number of carbonyl (C=O) groups excluding carboxylic acids is 4. The van der Waals surface area contributed by atoms with Crippen molar-refractivity contribution >= 4 is 137 Å². The van der Waals surface area contributed by atoms with E-state index in [9.17, 15) is 81.4 Å². The highest BCUT2D eigenvalue weighted by Crippen LogP contribution is 2.45. The third-order valence-corrected chi connectivity index (χ3v) is 20.6. The second-order valence-corrected chi connectivity index (χ2v) is 29.8. The Morgan fingerprint density at radius 3 is 1.10 bits per heavy atom. The number of rotatable bonds is 19. The van der Waals surface area contributed by atoms with E-state index in [1.54, 1.807) is 71.0 Å². The molecule has 1 aliphatic carbocycles. The normalized spacial score (nSPS) is 18.3. The van der Waals surface area contributed by atoms with Crippen LogP contribution in [0.5, 0.6) is 0 Å². The minimum absolute atomic E-state index is 0.00433. The van der Waals surface area contributed by atoms with Crippen molar-refractivity contribution in [1.29, 1.82) is 0 Å². The van der Waals surface area contributed by atoms with Gasteiger partial charge in [-0.3, -0.25) is 19.2 Å². The lowest BCUT2D eigenvalue weighted by molar-refractivity contribution is -0.139. The lowest BCUT2D eigenvalue weighted by Gasteiger charge is -2.28. The van der Waals surface area contributed by atoms with Crippen molar-refractivity contribution in [3.63, 3.8) is 0 Å². The number of aromatic nitrogens is 16. The van der Waals surface area contributed by atoms with Gasteiger partial charge < -0.3 is 75.4 Å². The molecule has 12 aromatic heterocycles. The number of ether oxygens (including phenoxy) is 2. The van der Waals surface area contributed by atoms with Crippen LogP contribution >= 0.6 is 46.4 Å². The number of likely N-dealkylation sites (N-methyl/N-ethyl adjacent to an activating group) is 1. The summed E-state index contributed by atoms with van der Waals surface area (Å²) in [5.74, 6) is -1.80. The maximum absolute atomic E-state index is 14.5. The van der Waals surface area contributed by atoms with Crippen LogP contribution in [-0.4, -0.2) is 242 Å². The SMILES string of the molecule is CN(c1nc(-c2c[nH]c3ncc(Cl)cc23)ncc1F)C1(C(=O)NCC(F)(F)F)CC1.CO[C@@H]1C[C@H](C(=O)NCC(F)(F)F)N(c2ccnc(-c3c[nH]c4ncc(Cl)cc34)n2)C1.CO[C@H]1C[C@H](C(=O)NCC(F)(F)F)N(c2ccnc(-c3c[nH]c4ncc(Cl)cc34)n2)C1.O=C(NCC(F)(F)F)[C@H]1C[C@@H](O)CN1c1ccnc(-c2c[nH]c3ncc(Cl)cc23)n1. The summed E-state index contributed by atoms with van der Waals surface area (Å²) in [6.45, 7) is -5.03. The van der Waals surface area contributed by atoms with Gasteiger partial charge in [0.15, 0.2) is 34.9 Å². The predicted octanol–water partition coefficient (Wildman–Crippen LogP) is 11.6. The van der Waals surface area contributed by atoms with Gasteiger partial charge in [-0.1, -0.05) is 46.4 Å². The molecule has 9 N–H and O–H groups in total. The Hall–Kier alpha value is -11.7. The van der Waals surface area contributed by atoms with E-state index >= 15 is 0 Å². The summed E-state index contributed by atoms with van der Waals surface area (Å²) in [6.07, 6.45) is -0.412. The molecule has 48 heteroatoms. The number of nitrogens with one attached hydrogen (secondary N) is 8. The molecule has 16 rings (SSSR count). The van der Waals surface area contributed by atoms with E-state index in [4.69, 9.17) is 55.9 Å². The fraction of sp³-hybridized carbons (Fsp3) is 0.351. The quantitative estimate of drug-likeness (QED) is 0.0340. The van der Waals surface area contributed by atoms with E-state index in [1.165, 1.54) is 80.5 Å². The van der Waals surface area contributed by atoms with Gasteiger partial charge >= 0.3 is 24.7 Å². The molecule has 0 bridgehead atoms. The second-order valence-electron chi connectivity index (χ2n) is 28.1. The zero-order valence-electron chi connectivity index (χ0n) is 63.4. The molecule has 0 spiro atoms. The van der Waals surface area contributed by atoms with Gasteiger partial charge in [-0.2, -0.15) is 52.7 Å². The monoisotopic (exact) mass is 1790 g/mol. The molecule has 4 aliphatic rings. The van der Waals surface area contributed by atoms with Crippen LogP contribution in [0, 0.1) is 5.82 Å². The Bertz CT molecular complexity index is 5650. The molecule has 0 radical (unpaired) electrons. The number of nitrogens with zero attached hydrogens (tertiary/aromatic N) is 16. The topological polar surface area (TPSA) is 386 Å². The number of methoxy groups -OCH3 is 2. The van der Waals surface area contributed by atoms with E-state index in [2.05, 4.69) is 79.7 Å². The van der Waals surface area contributed by atoms with E-state index in [1.807, 2.05) is 21.3 Å². The molecule has 1 saturated carbocycles. The zero-order chi connectivity index (χ0) is 87.5. The minimum Gasteiger partial charge on any atom is -0.391 e. The number of pyridine rings is 4. The lowest BCUT2D eigenvalue weighted by atomic mass is 10.2. The maximum Gasteiger partial charge on any atom is 0.405 e. The number of alkyl halides is 12. The van der Waals surface area contributed by atoms with Crippen LogP contribution < -0.4 is 40.9 Å². The second kappa shape index (κ2) is 36.1. The summed E-state index contributed by atoms with van der Waals surface area (Å²) >= 11 is 24.1. The fourth-order valence-electron chi connectivity index (χ4n) is 13.8. The number of β-amino-alcohol motifs (C(OH)–C–C–N with tert-alkyl or cyclic N) is 1. The molecule has 3 saturated heterocycles. The third-order valence-electron chi connectivity index (χ3n) is 19.8. The Kier molecular flexibility index (Phi) is 26.1. The first-order valence-electron chi connectivity index (χ1n) is 36.5. The Morgan fingerprint density at radius 2 is 0.779 bits per heavy atom. The van der Waals surface area contributed by atoms with E-state index in [-0.39, 0.29) is 62.5 Å². The van der Waals surface area contributed by atoms with Gasteiger partial charge in [0, 0.05) is 172 Å². The summed E-state index contributed by atoms with van der Waals surface area (Å²) in [6, 6.07) is 8.87. The molecule has 644 valence electrons. The zero-order valence-corrected chi connectivity index (χ0v) is 66.4. The van der Waals surface area contributed by atoms with Crippen molar-refractivity contribution in [3.05, 3.63) is 143 Å². The average Bonchev–Trinajstić information content (AvgIpc) is 1.59. The fourth-order valence-corrected chi connectivity index (χ4v) is 14.5. The van der Waals surface area contributed by atoms with Crippen molar-refractivity contribution in [2.45, 2.75) is 98.8 Å². The van der Waals surface area contributed by atoms with Crippen molar-refractivity contribution in [2.24, 2.45) is 0 Å². The molecule has 6 atom stereocenters. The summed E-state index contributed by atoms with van der Waals surface area (Å²) < 4.78 is 175. The van der Waals surface area contributed by atoms with Crippen molar-refractivity contribution in [2.75, 3.05) is 86.7 Å². The third kappa shape index (κ3) is 20.9. The predicted molar refractivity (Wildman–Crippen MR) is 420 cm³/mol. The van der Waals surface area contributed by atoms with Gasteiger partial charge in [-0.05, 0) is 55.3 Å². The molecular weight excluding hydrogens is 1730 g/mol. The number of aliphatic hydroxyl groups is 1. The van der Waals surface area contributed by atoms with Crippen molar-refractivity contribution in [1.82, 2.24) is 101 Å². The summed E-state index contributed by atoms with van der Waals surface area (Å²) in [4.78, 5) is 119. The molecule has 4 fully saturated rings. The Morgan fingerprint density at radius 1 is 0.467 bits per heavy atom. The van der Waals surface area contributed by atoms with Crippen molar-refractivity contribution < 1.29 is 90.8 Å². The standard InChI is InChI=1S/2C19H18ClF3N6O2.C18H15ClF4N6O.C18H16ClF3N6O2/c2*1-31-11-5-14(18(30)27-9-19(21,22)23)29(8-11)15-2-3-24-17(28-15)13-7-26-16-12(13)4-10(20)6-25-16;1-29(17(2-3-17)16(30)27-8-18(21,22)23)15-12(20)7-26-14(28-15)11-6-25-13-10(11)4-9(19)5-24-13;19-9-3-11-12(6-25-15(11)24-5-9)16-23-2-1-14(27-16)28-7-10(29)4-13(28)17(30)26-8-18(20,21)22/h2*2-4,6-7,11,14H,5,8-9H2,1H3,(H,25,26)(H,27,30);4-7H,2-3,8H2,1H3,(H,24,25)(H,27,30);1-3,5-6,10,13,29H,4,7-8H2,(H,24,25)(H,26,30)/t11-,14+;11-,14-;;10-,13-/m01.1/s1. The van der Waals surface area contributed by atoms with Gasteiger partial charge in [0.25, 0.3) is 0 Å². The molecular formula is C74H67Cl4F13N24O7. The number of carbonyl (C=O) groups is 4. The molecule has 12 aromatic rings. The summed E-state index contributed by atoms with van der Waals surface area (Å²) in [5, 5.41) is 22.1. The number of fused-ring (bicyclic) bond motifs is 4. The van der Waals surface area contributed by atoms with Crippen molar-refractivity contribution in [3.8, 4) is 45.6 Å². The number of hydrogen-bond donors (Lipinski definition) is 9. The first-order valence-corrected chi connectivity index (χ1v) is 38.0. The molecule has 122 heavy (non-hydrogen) atoms. The number of halogens is 17. The average molecular weight is 1790 g/mol. The first-order chi connectivity index (χ1) is 57.8. The van der Waals surface area contributed by atoms with Gasteiger partial charge in [0.05, 0.1) is 44.6 Å². The van der Waals surface area contributed by atoms with E-state index < -0.39 is 110 Å². The van der Waals surface area contributed by atoms with Gasteiger partial charge in [-0.15, -0.1) is 0 Å². The molecule has 31 nitrogen and oxygen atoms in total. The number of anilines is 4. The Balaban J connectivity index is 0.000000140. The maximum atomic E-state index is 14.5. The van der Waals surface area contributed by atoms with Crippen LogP contribution in [0.15, 0.2) is 117 Å². The smallest absolute Gasteiger partial charge is 0.391 e. The van der Waals surface area contributed by atoms with Gasteiger partial charge in [0.2, 0.25) is 23.6 Å². The highest BCUT2D eigenvalue weighted by atomic mass is 35.5. The van der Waals surface area contributed by atoms with Crippen LogP contribution in [0.3, 0.4) is 0 Å². The van der Waals surface area contributed by atoms with Crippen LogP contribution in [0.1, 0.15) is 32.1 Å². The number of H-pyrrole nitrogens is 4. The molecule has 4 amide bonds. The van der Waals surface area contributed by atoms with Crippen LogP contribution in [-0.2, 0) is 28.7 Å². The number of amides is 4. The van der Waals surface area contributed by atoms with E-state index in [0.717, 1.165) is 17.0 Å². The molecule has 0 unspecified atom stereocenters. The molecule has 0 aromatic carbocycles. The van der Waals surface area contributed by atoms with E-state index in [0.29, 0.717) is 124 Å². The van der Waals surface area contributed by atoms with Gasteiger partial charge in [0.1, 0.15) is 89.9 Å². The highest BCUT2D eigenvalue weighted by Gasteiger charge is 2.55. The molecule has 3 aliphatic heterocycles.